The van der Waals surface area contributed by atoms with E-state index in [2.05, 4.69) is 0 Å². The summed E-state index contributed by atoms with van der Waals surface area (Å²) in [6.07, 6.45) is 0. The predicted molar refractivity (Wildman–Crippen MR) is 74.0 cm³/mol. The van der Waals surface area contributed by atoms with Crippen molar-refractivity contribution in [2.24, 2.45) is 0 Å². The van der Waals surface area contributed by atoms with Gasteiger partial charge in [0.25, 0.3) is 0 Å². The van der Waals surface area contributed by atoms with Crippen molar-refractivity contribution in [1.29, 1.82) is 0 Å². The summed E-state index contributed by atoms with van der Waals surface area (Å²) in [5.74, 6) is -0.0151. The van der Waals surface area contributed by atoms with Crippen LogP contribution in [0.1, 0.15) is 6.92 Å². The van der Waals surface area contributed by atoms with E-state index in [-0.39, 0.29) is 47.7 Å². The Morgan fingerprint density at radius 1 is 1.14 bits per heavy atom. The van der Waals surface area contributed by atoms with Gasteiger partial charge in [-0.05, 0) is 42.0 Å². The Morgan fingerprint density at radius 2 is 1.77 bits per heavy atom. The summed E-state index contributed by atoms with van der Waals surface area (Å²) in [6.45, 7) is 1.79. The van der Waals surface area contributed by atoms with Crippen LogP contribution < -0.4 is 34.3 Å². The molecule has 0 heterocycles. The molecule has 22 heavy (non-hydrogen) atoms. The third-order valence-electron chi connectivity index (χ3n) is 2.73. The largest absolute Gasteiger partial charge is 1.00 e. The van der Waals surface area contributed by atoms with Crippen LogP contribution in [0.5, 0.6) is 5.75 Å². The van der Waals surface area contributed by atoms with Crippen LogP contribution in [0, 0.1) is 0 Å². The molecule has 0 saturated carbocycles. The summed E-state index contributed by atoms with van der Waals surface area (Å²) in [5.41, 5.74) is 0. The Hall–Kier alpha value is -1.12. The Kier molecular flexibility index (Phi) is 6.83. The van der Waals surface area contributed by atoms with Crippen molar-refractivity contribution >= 4 is 26.9 Å². The van der Waals surface area contributed by atoms with E-state index in [1.807, 2.05) is 0 Å². The van der Waals surface area contributed by atoms with Crippen LogP contribution in [0.4, 0.5) is 0 Å². The minimum absolute atomic E-state index is 0. The number of rotatable bonds is 5. The number of esters is 1. The fourth-order valence-corrected chi connectivity index (χ4v) is 2.30. The molecule has 2 rings (SSSR count). The van der Waals surface area contributed by atoms with E-state index in [0.29, 0.717) is 16.5 Å². The minimum Gasteiger partial charge on any atom is -0.744 e. The van der Waals surface area contributed by atoms with Crippen molar-refractivity contribution in [3.63, 3.8) is 0 Å². The summed E-state index contributed by atoms with van der Waals surface area (Å²) in [7, 11) is -4.47. The topological polar surface area (TPSA) is 92.7 Å². The van der Waals surface area contributed by atoms with Gasteiger partial charge in [-0.2, -0.15) is 0 Å². The second-order valence-corrected chi connectivity index (χ2v) is 5.60. The molecule has 0 amide bonds. The maximum Gasteiger partial charge on any atom is 1.00 e. The number of hydrogen-bond donors (Lipinski definition) is 0. The van der Waals surface area contributed by atoms with E-state index < -0.39 is 16.1 Å². The molecule has 0 bridgehead atoms. The van der Waals surface area contributed by atoms with Gasteiger partial charge in [-0.1, -0.05) is 12.1 Å². The molecule has 0 spiro atoms. The van der Waals surface area contributed by atoms with Gasteiger partial charge < -0.3 is 14.0 Å². The molecule has 0 aliphatic heterocycles. The maximum absolute atomic E-state index is 11.2. The molecule has 112 valence electrons. The molecule has 0 fully saturated rings. The van der Waals surface area contributed by atoms with Crippen molar-refractivity contribution in [2.75, 3.05) is 13.2 Å². The van der Waals surface area contributed by atoms with E-state index in [0.717, 1.165) is 0 Å². The first kappa shape index (κ1) is 18.9. The van der Waals surface area contributed by atoms with E-state index in [4.69, 9.17) is 9.47 Å². The van der Waals surface area contributed by atoms with Crippen LogP contribution in [-0.4, -0.2) is 32.2 Å². The second kappa shape index (κ2) is 7.94. The number of fused-ring (bicyclic) bond motifs is 1. The van der Waals surface area contributed by atoms with Crippen LogP contribution in [0.3, 0.4) is 0 Å². The van der Waals surface area contributed by atoms with Crippen LogP contribution >= 0.6 is 0 Å². The van der Waals surface area contributed by atoms with Crippen molar-refractivity contribution < 1.29 is 56.8 Å². The Labute approximate surface area is 150 Å². The SMILES string of the molecule is CCOC(=O)COc1ccc2cc(S(=O)(=O)[O-])ccc2c1.[Na+]. The van der Waals surface area contributed by atoms with Gasteiger partial charge in [0.2, 0.25) is 0 Å². The van der Waals surface area contributed by atoms with Crippen LogP contribution in [-0.2, 0) is 19.6 Å². The summed E-state index contributed by atoms with van der Waals surface area (Å²) < 4.78 is 42.9. The first-order valence-electron chi connectivity index (χ1n) is 6.18. The summed E-state index contributed by atoms with van der Waals surface area (Å²) >= 11 is 0. The normalized spacial score (nSPS) is 10.8. The monoisotopic (exact) mass is 332 g/mol. The van der Waals surface area contributed by atoms with Crippen molar-refractivity contribution in [1.82, 2.24) is 0 Å². The molecule has 0 unspecified atom stereocenters. The molecule has 0 radical (unpaired) electrons. The van der Waals surface area contributed by atoms with E-state index in [1.54, 1.807) is 25.1 Å². The number of hydrogen-bond acceptors (Lipinski definition) is 6. The van der Waals surface area contributed by atoms with Crippen molar-refractivity contribution in [3.8, 4) is 5.75 Å². The van der Waals surface area contributed by atoms with Crippen molar-refractivity contribution in [3.05, 3.63) is 36.4 Å². The third kappa shape index (κ3) is 4.96. The zero-order valence-electron chi connectivity index (χ0n) is 12.2. The van der Waals surface area contributed by atoms with Crippen LogP contribution in [0.2, 0.25) is 0 Å². The van der Waals surface area contributed by atoms with Gasteiger partial charge >= 0.3 is 35.5 Å². The van der Waals surface area contributed by atoms with E-state index >= 15 is 0 Å². The van der Waals surface area contributed by atoms with Gasteiger partial charge in [-0.15, -0.1) is 0 Å². The molecule has 0 aliphatic carbocycles. The van der Waals surface area contributed by atoms with Crippen LogP contribution in [0.25, 0.3) is 10.8 Å². The first-order chi connectivity index (χ1) is 9.90. The fraction of sp³-hybridized carbons (Fsp3) is 0.214. The fourth-order valence-electron chi connectivity index (χ4n) is 1.79. The second-order valence-electron chi connectivity index (χ2n) is 4.22. The molecular weight excluding hydrogens is 319 g/mol. The van der Waals surface area contributed by atoms with Gasteiger partial charge in [0.1, 0.15) is 15.9 Å². The molecule has 2 aromatic carbocycles. The quantitative estimate of drug-likeness (QED) is 0.383. The number of benzene rings is 2. The van der Waals surface area contributed by atoms with Gasteiger partial charge in [0.15, 0.2) is 6.61 Å². The molecule has 8 heteroatoms. The molecule has 0 aliphatic rings. The first-order valence-corrected chi connectivity index (χ1v) is 7.59. The molecule has 0 aromatic heterocycles. The predicted octanol–water partition coefficient (Wildman–Crippen LogP) is -1.31. The zero-order chi connectivity index (χ0) is 15.5. The van der Waals surface area contributed by atoms with E-state index in [1.165, 1.54) is 18.2 Å². The molecule has 0 atom stereocenters. The Balaban J connectivity index is 0.00000242. The average molecular weight is 332 g/mol. The zero-order valence-corrected chi connectivity index (χ0v) is 15.1. The number of ether oxygens (including phenoxy) is 2. The molecule has 0 saturated heterocycles. The molecular formula is C14H13NaO6S. The Morgan fingerprint density at radius 3 is 2.41 bits per heavy atom. The van der Waals surface area contributed by atoms with Gasteiger partial charge in [-0.25, -0.2) is 13.2 Å². The van der Waals surface area contributed by atoms with Gasteiger partial charge in [0.05, 0.1) is 11.5 Å². The standard InChI is InChI=1S/C14H14O6S.Na/c1-2-19-14(15)9-20-12-5-3-11-8-13(21(16,17)18)6-4-10(11)7-12;/h3-8H,2,9H2,1H3,(H,16,17,18);/q;+1/p-1. The smallest absolute Gasteiger partial charge is 0.744 e. The molecule has 0 N–H and O–H groups in total. The molecule has 6 nitrogen and oxygen atoms in total. The third-order valence-corrected chi connectivity index (χ3v) is 3.57. The van der Waals surface area contributed by atoms with Crippen molar-refractivity contribution in [2.45, 2.75) is 11.8 Å². The van der Waals surface area contributed by atoms with Gasteiger partial charge in [0, 0.05) is 0 Å². The summed E-state index contributed by atoms with van der Waals surface area (Å²) in [6, 6.07) is 8.90. The van der Waals surface area contributed by atoms with E-state index in [9.17, 15) is 17.8 Å². The Bertz CT molecular complexity index is 772. The maximum atomic E-state index is 11.2. The number of carbonyl (C=O) groups is 1. The van der Waals surface area contributed by atoms with Crippen LogP contribution in [0.15, 0.2) is 41.3 Å². The number of carbonyl (C=O) groups excluding carboxylic acids is 1. The summed E-state index contributed by atoms with van der Waals surface area (Å²) in [5, 5.41) is 1.29. The summed E-state index contributed by atoms with van der Waals surface area (Å²) in [4.78, 5) is 10.9. The van der Waals surface area contributed by atoms with Gasteiger partial charge in [-0.3, -0.25) is 0 Å². The minimum atomic E-state index is -4.47. The average Bonchev–Trinajstić information content (AvgIpc) is 2.43. The molecule has 2 aromatic rings.